The molecule has 1 aromatic carbocycles. The fraction of sp³-hybridized carbons (Fsp3) is 0.500. The molecule has 0 amide bonds. The maximum absolute atomic E-state index is 12.5. The summed E-state index contributed by atoms with van der Waals surface area (Å²) in [4.78, 5) is 9.88. The molecular weight excluding hydrogens is 364 g/mol. The van der Waals surface area contributed by atoms with Crippen LogP contribution in [0.4, 0.5) is 5.69 Å². The number of halogens is 1. The number of aliphatic hydroxyl groups excluding tert-OH is 1. The Hall–Kier alpha value is -1.03. The Balaban J connectivity index is 2.44. The molecule has 1 saturated carbocycles. The van der Waals surface area contributed by atoms with E-state index >= 15 is 0 Å². The predicted molar refractivity (Wildman–Crippen MR) is 79.4 cm³/mol. The lowest BCUT2D eigenvalue weighted by Crippen LogP contribution is -2.49. The first-order valence-electron chi connectivity index (χ1n) is 6.38. The standard InChI is InChI=1S/C12H15BrN2O5S/c13-9-3-4-10(15(17)18)11(7-9)21(19,20)14-12(8-16)5-1-2-6-12/h3-4,7,14,16H,1-2,5-6,8H2. The molecular formula is C12H15BrN2O5S. The van der Waals surface area contributed by atoms with Gasteiger partial charge in [-0.1, -0.05) is 28.8 Å². The van der Waals surface area contributed by atoms with Gasteiger partial charge in [0.05, 0.1) is 17.1 Å². The molecule has 1 aliphatic rings. The van der Waals surface area contributed by atoms with Crippen molar-refractivity contribution in [2.45, 2.75) is 36.1 Å². The third-order valence-electron chi connectivity index (χ3n) is 3.62. The molecule has 9 heteroatoms. The second-order valence-corrected chi connectivity index (χ2v) is 7.69. The lowest BCUT2D eigenvalue weighted by Gasteiger charge is -2.27. The number of hydrogen-bond donors (Lipinski definition) is 2. The van der Waals surface area contributed by atoms with Gasteiger partial charge in [-0.15, -0.1) is 0 Å². The Morgan fingerprint density at radius 1 is 1.38 bits per heavy atom. The Kier molecular flexibility index (Phi) is 4.66. The van der Waals surface area contributed by atoms with E-state index in [2.05, 4.69) is 20.7 Å². The molecule has 116 valence electrons. The first kappa shape index (κ1) is 16.3. The monoisotopic (exact) mass is 378 g/mol. The molecule has 2 N–H and O–H groups in total. The van der Waals surface area contributed by atoms with Crippen molar-refractivity contribution in [2.24, 2.45) is 0 Å². The highest BCUT2D eigenvalue weighted by Crippen LogP contribution is 2.33. The van der Waals surface area contributed by atoms with E-state index in [1.54, 1.807) is 0 Å². The maximum Gasteiger partial charge on any atom is 0.289 e. The summed E-state index contributed by atoms with van der Waals surface area (Å²) in [6.07, 6.45) is 2.66. The van der Waals surface area contributed by atoms with E-state index < -0.39 is 31.1 Å². The molecule has 21 heavy (non-hydrogen) atoms. The summed E-state index contributed by atoms with van der Waals surface area (Å²) in [5, 5.41) is 20.5. The normalized spacial score (nSPS) is 17.8. The van der Waals surface area contributed by atoms with Crippen LogP contribution in [0.2, 0.25) is 0 Å². The lowest BCUT2D eigenvalue weighted by atomic mass is 10.0. The number of sulfonamides is 1. The van der Waals surface area contributed by atoms with Gasteiger partial charge in [0.25, 0.3) is 5.69 Å². The number of nitro benzene ring substituents is 1. The molecule has 1 aromatic rings. The van der Waals surface area contributed by atoms with E-state index in [0.29, 0.717) is 17.3 Å². The summed E-state index contributed by atoms with van der Waals surface area (Å²) >= 11 is 3.12. The summed E-state index contributed by atoms with van der Waals surface area (Å²) in [5.41, 5.74) is -1.41. The van der Waals surface area contributed by atoms with Crippen LogP contribution in [0, 0.1) is 10.1 Å². The summed E-state index contributed by atoms with van der Waals surface area (Å²) in [6, 6.07) is 3.74. The fourth-order valence-electron chi connectivity index (χ4n) is 2.54. The summed E-state index contributed by atoms with van der Waals surface area (Å²) < 4.78 is 27.8. The minimum Gasteiger partial charge on any atom is -0.394 e. The zero-order valence-corrected chi connectivity index (χ0v) is 13.5. The van der Waals surface area contributed by atoms with E-state index in [-0.39, 0.29) is 6.61 Å². The quantitative estimate of drug-likeness (QED) is 0.600. The maximum atomic E-state index is 12.5. The topological polar surface area (TPSA) is 110 Å². The first-order valence-corrected chi connectivity index (χ1v) is 8.66. The van der Waals surface area contributed by atoms with Crippen LogP contribution in [0.5, 0.6) is 0 Å². The van der Waals surface area contributed by atoms with Gasteiger partial charge in [0.1, 0.15) is 0 Å². The molecule has 1 fully saturated rings. The molecule has 0 spiro atoms. The number of aliphatic hydroxyl groups is 1. The van der Waals surface area contributed by atoms with Crippen molar-refractivity contribution in [1.29, 1.82) is 0 Å². The van der Waals surface area contributed by atoms with Gasteiger partial charge in [-0.3, -0.25) is 10.1 Å². The Bertz CT molecular complexity index is 656. The molecule has 0 saturated heterocycles. The molecule has 7 nitrogen and oxygen atoms in total. The van der Waals surface area contributed by atoms with Gasteiger partial charge in [0.2, 0.25) is 10.0 Å². The van der Waals surface area contributed by atoms with E-state index in [1.807, 2.05) is 0 Å². The molecule has 0 unspecified atom stereocenters. The number of rotatable bonds is 5. The summed E-state index contributed by atoms with van der Waals surface area (Å²) in [7, 11) is -4.09. The predicted octanol–water partition coefficient (Wildman–Crippen LogP) is 1.94. The van der Waals surface area contributed by atoms with Gasteiger partial charge in [-0.2, -0.15) is 0 Å². The zero-order chi connectivity index (χ0) is 15.7. The summed E-state index contributed by atoms with van der Waals surface area (Å²) in [5.74, 6) is 0. The second kappa shape index (κ2) is 5.99. The Morgan fingerprint density at radius 3 is 2.52 bits per heavy atom. The number of benzene rings is 1. The first-order chi connectivity index (χ1) is 9.80. The van der Waals surface area contributed by atoms with Gasteiger partial charge >= 0.3 is 0 Å². The highest BCUT2D eigenvalue weighted by atomic mass is 79.9. The second-order valence-electron chi connectivity index (χ2n) is 5.12. The van der Waals surface area contributed by atoms with Gasteiger partial charge in [0.15, 0.2) is 4.90 Å². The minimum absolute atomic E-state index is 0.325. The number of nitro groups is 1. The largest absolute Gasteiger partial charge is 0.394 e. The van der Waals surface area contributed by atoms with Crippen LogP contribution in [-0.4, -0.2) is 30.6 Å². The van der Waals surface area contributed by atoms with E-state index in [4.69, 9.17) is 0 Å². The molecule has 0 bridgehead atoms. The van der Waals surface area contributed by atoms with Crippen molar-refractivity contribution in [3.63, 3.8) is 0 Å². The SMILES string of the molecule is O=[N+]([O-])c1ccc(Br)cc1S(=O)(=O)NC1(CO)CCCC1. The van der Waals surface area contributed by atoms with Crippen LogP contribution in [-0.2, 0) is 10.0 Å². The minimum atomic E-state index is -4.09. The van der Waals surface area contributed by atoms with Crippen LogP contribution < -0.4 is 4.72 Å². The van der Waals surface area contributed by atoms with Gasteiger partial charge in [-0.25, -0.2) is 13.1 Å². The lowest BCUT2D eigenvalue weighted by molar-refractivity contribution is -0.387. The van der Waals surface area contributed by atoms with Crippen molar-refractivity contribution in [2.75, 3.05) is 6.61 Å². The van der Waals surface area contributed by atoms with Crippen molar-refractivity contribution in [3.8, 4) is 0 Å². The average Bonchev–Trinajstić information content (AvgIpc) is 2.86. The number of hydrogen-bond acceptors (Lipinski definition) is 5. The Morgan fingerprint density at radius 2 is 2.00 bits per heavy atom. The van der Waals surface area contributed by atoms with Crippen LogP contribution in [0.1, 0.15) is 25.7 Å². The fourth-order valence-corrected chi connectivity index (χ4v) is 4.70. The smallest absolute Gasteiger partial charge is 0.289 e. The van der Waals surface area contributed by atoms with Crippen LogP contribution >= 0.6 is 15.9 Å². The van der Waals surface area contributed by atoms with E-state index in [9.17, 15) is 23.6 Å². The van der Waals surface area contributed by atoms with Crippen molar-refractivity contribution >= 4 is 31.6 Å². The van der Waals surface area contributed by atoms with Crippen molar-refractivity contribution in [3.05, 3.63) is 32.8 Å². The molecule has 0 atom stereocenters. The highest BCUT2D eigenvalue weighted by Gasteiger charge is 2.39. The van der Waals surface area contributed by atoms with Gasteiger partial charge < -0.3 is 5.11 Å². The zero-order valence-electron chi connectivity index (χ0n) is 11.1. The van der Waals surface area contributed by atoms with Crippen LogP contribution in [0.25, 0.3) is 0 Å². The molecule has 2 rings (SSSR count). The van der Waals surface area contributed by atoms with Crippen LogP contribution in [0.15, 0.2) is 27.6 Å². The molecule has 0 aromatic heterocycles. The number of nitrogens with zero attached hydrogens (tertiary/aromatic N) is 1. The molecule has 1 aliphatic carbocycles. The van der Waals surface area contributed by atoms with Gasteiger partial charge in [-0.05, 0) is 25.0 Å². The summed E-state index contributed by atoms with van der Waals surface area (Å²) in [6.45, 7) is -0.325. The third-order valence-corrected chi connectivity index (χ3v) is 5.72. The molecule has 0 heterocycles. The molecule has 0 radical (unpaired) electrons. The van der Waals surface area contributed by atoms with Crippen LogP contribution in [0.3, 0.4) is 0 Å². The third kappa shape index (κ3) is 3.42. The molecule has 0 aliphatic heterocycles. The van der Waals surface area contributed by atoms with Crippen molar-refractivity contribution < 1.29 is 18.4 Å². The average molecular weight is 379 g/mol. The Labute approximate surface area is 130 Å². The van der Waals surface area contributed by atoms with E-state index in [0.717, 1.165) is 18.9 Å². The van der Waals surface area contributed by atoms with E-state index in [1.165, 1.54) is 12.1 Å². The number of nitrogens with one attached hydrogen (secondary N) is 1. The van der Waals surface area contributed by atoms with Gasteiger partial charge in [0, 0.05) is 10.5 Å². The van der Waals surface area contributed by atoms with Crippen molar-refractivity contribution in [1.82, 2.24) is 4.72 Å². The highest BCUT2D eigenvalue weighted by molar-refractivity contribution is 9.10.